The average molecular weight is 260 g/mol. The summed E-state index contributed by atoms with van der Waals surface area (Å²) in [6, 6.07) is 6.99. The largest absolute Gasteiger partial charge is 0.857 e. The number of aliphatic carboxylic acids is 1. The number of rotatable bonds is 3. The summed E-state index contributed by atoms with van der Waals surface area (Å²) >= 11 is 0. The Hall–Kier alpha value is -2.17. The van der Waals surface area contributed by atoms with E-state index < -0.39 is 11.9 Å². The number of carboxylic acid groups (broad SMARTS) is 1. The highest BCUT2D eigenvalue weighted by molar-refractivity contribution is 6.33. The van der Waals surface area contributed by atoms with Gasteiger partial charge < -0.3 is 15.0 Å². The van der Waals surface area contributed by atoms with Crippen LogP contribution in [0.5, 0.6) is 0 Å². The summed E-state index contributed by atoms with van der Waals surface area (Å²) in [5.74, 6) is -2.03. The molecule has 1 aromatic carbocycles. The molecule has 0 aliphatic carbocycles. The third-order valence-corrected chi connectivity index (χ3v) is 2.58. The van der Waals surface area contributed by atoms with Crippen molar-refractivity contribution in [2.45, 2.75) is 33.1 Å². The highest BCUT2D eigenvalue weighted by atomic mass is 16.4. The minimum atomic E-state index is -1.44. The van der Waals surface area contributed by atoms with E-state index in [1.54, 1.807) is 12.1 Å². The van der Waals surface area contributed by atoms with E-state index >= 15 is 0 Å². The number of hydrogen-bond donors (Lipinski definition) is 0. The van der Waals surface area contributed by atoms with Crippen LogP contribution in [0.25, 0.3) is 0 Å². The normalized spacial score (nSPS) is 13.5. The molecule has 19 heavy (non-hydrogen) atoms. The van der Waals surface area contributed by atoms with Gasteiger partial charge in [0, 0.05) is 5.90 Å². The van der Waals surface area contributed by atoms with Crippen molar-refractivity contribution >= 4 is 17.6 Å². The van der Waals surface area contributed by atoms with E-state index in [2.05, 4.69) is 31.0 Å². The van der Waals surface area contributed by atoms with Gasteiger partial charge in [-0.15, -0.1) is 0 Å². The molecule has 1 rings (SSSR count). The van der Waals surface area contributed by atoms with Gasteiger partial charge in [-0.1, -0.05) is 45.0 Å². The summed E-state index contributed by atoms with van der Waals surface area (Å²) in [6.45, 7) is 7.43. The molecule has 1 aromatic rings. The molecule has 0 aliphatic heterocycles. The van der Waals surface area contributed by atoms with Crippen LogP contribution >= 0.6 is 0 Å². The van der Waals surface area contributed by atoms with Crippen molar-refractivity contribution in [2.75, 3.05) is 0 Å². The van der Waals surface area contributed by atoms with Crippen molar-refractivity contribution in [3.63, 3.8) is 0 Å². The lowest BCUT2D eigenvalue weighted by Crippen LogP contribution is -2.29. The van der Waals surface area contributed by atoms with Crippen LogP contribution in [0.4, 0.5) is 0 Å². The first-order chi connectivity index (χ1) is 8.71. The summed E-state index contributed by atoms with van der Waals surface area (Å²) in [4.78, 5) is 10.4. The number of carboxylic acids is 1. The van der Waals surface area contributed by atoms with Crippen LogP contribution in [-0.4, -0.2) is 17.6 Å². The lowest BCUT2D eigenvalue weighted by atomic mass is 9.87. The quantitative estimate of drug-likeness (QED) is 0.442. The Morgan fingerprint density at radius 1 is 1.05 bits per heavy atom. The molecular weight excluding hydrogens is 244 g/mol. The maximum atomic E-state index is 11.6. The van der Waals surface area contributed by atoms with Crippen LogP contribution in [0.15, 0.2) is 34.5 Å². The van der Waals surface area contributed by atoms with E-state index in [0.717, 1.165) is 5.56 Å². The van der Waals surface area contributed by atoms with E-state index in [1.807, 2.05) is 12.1 Å². The zero-order valence-corrected chi connectivity index (χ0v) is 11.4. The van der Waals surface area contributed by atoms with E-state index in [0.29, 0.717) is 5.56 Å². The first-order valence-corrected chi connectivity index (χ1v) is 5.83. The van der Waals surface area contributed by atoms with Gasteiger partial charge in [-0.25, -0.2) is 0 Å². The molecule has 0 unspecified atom stereocenters. The summed E-state index contributed by atoms with van der Waals surface area (Å²) in [6.07, 6.45) is 0. The molecule has 0 aliphatic rings. The highest BCUT2D eigenvalue weighted by Crippen LogP contribution is 2.22. The van der Waals surface area contributed by atoms with Crippen LogP contribution in [0, 0.1) is 0 Å². The Balaban J connectivity index is 2.96. The maximum absolute atomic E-state index is 11.6. The predicted octanol–water partition coefficient (Wildman–Crippen LogP) is 0.217. The first-order valence-electron chi connectivity index (χ1n) is 5.83. The van der Waals surface area contributed by atoms with E-state index in [4.69, 9.17) is 0 Å². The predicted molar refractivity (Wildman–Crippen MR) is 69.8 cm³/mol. The van der Waals surface area contributed by atoms with Gasteiger partial charge in [-0.3, -0.25) is 0 Å². The standard InChI is InChI=1S/C14H18N2O3/c1-9(13(18)19)15-16-12(17)10-5-7-11(8-6-10)14(2,3)4/h5-8H,1-4H3,(H,16,17)(H,18,19)/p-2/b15-9-. The Labute approximate surface area is 112 Å². The third-order valence-electron chi connectivity index (χ3n) is 2.58. The van der Waals surface area contributed by atoms with Gasteiger partial charge >= 0.3 is 0 Å². The van der Waals surface area contributed by atoms with Gasteiger partial charge in [0.05, 0.1) is 11.7 Å². The minimum absolute atomic E-state index is 0.00242. The molecule has 5 heteroatoms. The van der Waals surface area contributed by atoms with E-state index in [9.17, 15) is 15.0 Å². The second-order valence-corrected chi connectivity index (χ2v) is 5.21. The van der Waals surface area contributed by atoms with Gasteiger partial charge in [0.2, 0.25) is 0 Å². The van der Waals surface area contributed by atoms with Gasteiger partial charge in [0.15, 0.2) is 0 Å². The molecule has 0 radical (unpaired) electrons. The fourth-order valence-corrected chi connectivity index (χ4v) is 1.33. The lowest BCUT2D eigenvalue weighted by Gasteiger charge is -2.19. The van der Waals surface area contributed by atoms with Crippen LogP contribution < -0.4 is 10.2 Å². The van der Waals surface area contributed by atoms with Crippen LogP contribution in [0.1, 0.15) is 38.8 Å². The molecule has 102 valence electrons. The molecular formula is C14H16N2O3-2. The van der Waals surface area contributed by atoms with Crippen molar-refractivity contribution in [3.8, 4) is 0 Å². The number of nitrogens with zero attached hydrogens (tertiary/aromatic N) is 2. The van der Waals surface area contributed by atoms with Crippen LogP contribution in [-0.2, 0) is 10.2 Å². The number of hydrogen-bond acceptors (Lipinski definition) is 5. The average Bonchev–Trinajstić information content (AvgIpc) is 2.34. The molecule has 0 atom stereocenters. The molecule has 0 N–H and O–H groups in total. The Kier molecular flexibility index (Phi) is 4.43. The van der Waals surface area contributed by atoms with Crippen molar-refractivity contribution < 1.29 is 15.0 Å². The van der Waals surface area contributed by atoms with Gasteiger partial charge in [-0.05, 0) is 23.5 Å². The topological polar surface area (TPSA) is 87.9 Å². The van der Waals surface area contributed by atoms with Gasteiger partial charge in [-0.2, -0.15) is 10.2 Å². The fourth-order valence-electron chi connectivity index (χ4n) is 1.33. The first kappa shape index (κ1) is 14.9. The third kappa shape index (κ3) is 4.21. The maximum Gasteiger partial charge on any atom is 0.0874 e. The van der Waals surface area contributed by atoms with Crippen molar-refractivity contribution in [3.05, 3.63) is 35.4 Å². The second kappa shape index (κ2) is 5.65. The summed E-state index contributed by atoms with van der Waals surface area (Å²) < 4.78 is 0. The van der Waals surface area contributed by atoms with Gasteiger partial charge in [0.1, 0.15) is 0 Å². The lowest BCUT2D eigenvalue weighted by molar-refractivity contribution is -0.294. The zero-order valence-electron chi connectivity index (χ0n) is 11.4. The number of carbonyl (C=O) groups excluding carboxylic acids is 1. The minimum Gasteiger partial charge on any atom is -0.857 e. The highest BCUT2D eigenvalue weighted by Gasteiger charge is 2.12. The Morgan fingerprint density at radius 2 is 1.58 bits per heavy atom. The molecule has 0 fully saturated rings. The SMILES string of the molecule is C/C(=N/N=C([O-])c1ccc(C(C)(C)C)cc1)C(=O)[O-]. The molecule has 0 saturated carbocycles. The molecule has 0 spiro atoms. The Bertz CT molecular complexity index is 523. The zero-order chi connectivity index (χ0) is 14.6. The number of benzene rings is 1. The smallest absolute Gasteiger partial charge is 0.0874 e. The van der Waals surface area contributed by atoms with Crippen LogP contribution in [0.2, 0.25) is 0 Å². The van der Waals surface area contributed by atoms with Crippen molar-refractivity contribution in [1.82, 2.24) is 0 Å². The van der Waals surface area contributed by atoms with E-state index in [-0.39, 0.29) is 11.1 Å². The molecule has 0 amide bonds. The molecule has 0 heterocycles. The second-order valence-electron chi connectivity index (χ2n) is 5.21. The Morgan fingerprint density at radius 3 is 2.00 bits per heavy atom. The van der Waals surface area contributed by atoms with Crippen molar-refractivity contribution in [2.24, 2.45) is 10.2 Å². The number of carbonyl (C=O) groups is 1. The summed E-state index contributed by atoms with van der Waals surface area (Å²) in [5.41, 5.74) is 1.13. The van der Waals surface area contributed by atoms with Gasteiger partial charge in [0.25, 0.3) is 0 Å². The molecule has 0 aromatic heterocycles. The molecule has 0 saturated heterocycles. The molecule has 0 bridgehead atoms. The monoisotopic (exact) mass is 260 g/mol. The van der Waals surface area contributed by atoms with Crippen LogP contribution in [0.3, 0.4) is 0 Å². The van der Waals surface area contributed by atoms with Crippen molar-refractivity contribution in [1.29, 1.82) is 0 Å². The fraction of sp³-hybridized carbons (Fsp3) is 0.357. The summed E-state index contributed by atoms with van der Waals surface area (Å²) in [5, 5.41) is 28.7. The summed E-state index contributed by atoms with van der Waals surface area (Å²) in [7, 11) is 0. The molecule has 5 nitrogen and oxygen atoms in total. The van der Waals surface area contributed by atoms with E-state index in [1.165, 1.54) is 6.92 Å².